The number of amides is 2. The summed E-state index contributed by atoms with van der Waals surface area (Å²) in [5, 5.41) is 17.4. The maximum atomic E-state index is 12.9. The predicted octanol–water partition coefficient (Wildman–Crippen LogP) is 0.320. The number of nitrogens with one attached hydrogen (secondary N) is 1. The van der Waals surface area contributed by atoms with Crippen LogP contribution in [0.4, 0.5) is 5.13 Å². The van der Waals surface area contributed by atoms with Gasteiger partial charge in [0.05, 0.1) is 0 Å². The molecular weight excluding hydrogens is 438 g/mol. The summed E-state index contributed by atoms with van der Waals surface area (Å²) in [7, 11) is 0. The molecule has 1 aromatic rings. The Morgan fingerprint density at radius 3 is 2.79 bits per heavy atom. The average molecular weight is 456 g/mol. The minimum atomic E-state index is -1.15. The summed E-state index contributed by atoms with van der Waals surface area (Å²) < 4.78 is 0. The summed E-state index contributed by atoms with van der Waals surface area (Å²) in [4.78, 5) is 47.6. The Balaban J connectivity index is 1.51. The van der Waals surface area contributed by atoms with E-state index >= 15 is 0 Å². The number of thioether (sulfide) groups is 2. The normalized spacial score (nSPS) is 24.5. The molecule has 13 heteroatoms. The summed E-state index contributed by atoms with van der Waals surface area (Å²) in [6.07, 6.45) is -0.0697. The van der Waals surface area contributed by atoms with Crippen LogP contribution in [0.2, 0.25) is 0 Å². The summed E-state index contributed by atoms with van der Waals surface area (Å²) >= 11 is 4.27. The summed E-state index contributed by atoms with van der Waals surface area (Å²) in [5.74, 6) is -0.205. The Hall–Kier alpha value is -2.25. The van der Waals surface area contributed by atoms with Gasteiger partial charge >= 0.3 is 5.97 Å². The third-order valence-corrected chi connectivity index (χ3v) is 7.84. The molecule has 4 heterocycles. The summed E-state index contributed by atoms with van der Waals surface area (Å²) in [5.41, 5.74) is 6.46. The second-order valence-corrected chi connectivity index (χ2v) is 9.64. The van der Waals surface area contributed by atoms with Gasteiger partial charge in [-0.1, -0.05) is 5.16 Å². The molecule has 3 aliphatic heterocycles. The van der Waals surface area contributed by atoms with Crippen LogP contribution < -0.4 is 11.1 Å². The number of anilines is 1. The van der Waals surface area contributed by atoms with E-state index in [1.54, 1.807) is 24.1 Å². The Labute approximate surface area is 177 Å². The topological polar surface area (TPSA) is 147 Å². The van der Waals surface area contributed by atoms with Gasteiger partial charge in [-0.05, 0) is 12.5 Å². The van der Waals surface area contributed by atoms with Gasteiger partial charge in [0.25, 0.3) is 11.8 Å². The molecule has 3 aliphatic rings. The van der Waals surface area contributed by atoms with Gasteiger partial charge in [-0.3, -0.25) is 14.5 Å². The molecule has 0 saturated carbocycles. The van der Waals surface area contributed by atoms with E-state index < -0.39 is 29.2 Å². The number of thiazole rings is 1. The van der Waals surface area contributed by atoms with E-state index in [1.165, 1.54) is 16.7 Å². The van der Waals surface area contributed by atoms with Crippen molar-refractivity contribution in [2.45, 2.75) is 24.4 Å². The van der Waals surface area contributed by atoms with Gasteiger partial charge in [-0.15, -0.1) is 23.1 Å². The monoisotopic (exact) mass is 455 g/mol. The molecule has 2 atom stereocenters. The largest absolute Gasteiger partial charge is 0.477 e. The first-order chi connectivity index (χ1) is 13.9. The number of fused-ring (bicyclic) bond motifs is 1. The van der Waals surface area contributed by atoms with Gasteiger partial charge in [0.2, 0.25) is 0 Å². The highest BCUT2D eigenvalue weighted by molar-refractivity contribution is 8.00. The van der Waals surface area contributed by atoms with Gasteiger partial charge < -0.3 is 21.0 Å². The van der Waals surface area contributed by atoms with Gasteiger partial charge in [0.15, 0.2) is 10.8 Å². The highest BCUT2D eigenvalue weighted by Gasteiger charge is 2.54. The maximum Gasteiger partial charge on any atom is 0.352 e. The first-order valence-corrected chi connectivity index (χ1v) is 11.7. The number of nitrogen functional groups attached to an aromatic ring is 1. The minimum absolute atomic E-state index is 0.0174. The van der Waals surface area contributed by atoms with Gasteiger partial charge in [0, 0.05) is 22.6 Å². The molecule has 1 unspecified atom stereocenters. The average Bonchev–Trinajstić information content (AvgIpc) is 3.07. The number of aliphatic carboxylic acids is 1. The first-order valence-electron chi connectivity index (χ1n) is 8.58. The standard InChI is InChI=1S/C16H17N5O5S3/c1-6-2-28-14-10(13(23)21(14)11(6)15(24)25)19-12(22)9(8-5-29-16(17)18-8)20-26-7-3-27-4-7/h5,7,10,14H,2-4H2,1H3,(H2,17,18)(H,19,22)(H,24,25)/t10?,14-/m0/s1. The number of hydrogen-bond donors (Lipinski definition) is 3. The molecule has 0 spiro atoms. The van der Waals surface area contributed by atoms with E-state index in [0.29, 0.717) is 11.3 Å². The fraction of sp³-hybridized carbons (Fsp3) is 0.438. The van der Waals surface area contributed by atoms with Crippen molar-refractivity contribution in [2.24, 2.45) is 5.16 Å². The Morgan fingerprint density at radius 2 is 2.21 bits per heavy atom. The highest BCUT2D eigenvalue weighted by atomic mass is 32.2. The number of β-lactam (4-membered cyclic amide) rings is 1. The van der Waals surface area contributed by atoms with Crippen molar-refractivity contribution in [3.8, 4) is 0 Å². The molecule has 0 radical (unpaired) electrons. The Morgan fingerprint density at radius 1 is 1.45 bits per heavy atom. The van der Waals surface area contributed by atoms with Crippen molar-refractivity contribution in [1.29, 1.82) is 0 Å². The fourth-order valence-electron chi connectivity index (χ4n) is 2.99. The van der Waals surface area contributed by atoms with Crippen molar-refractivity contribution in [3.05, 3.63) is 22.3 Å². The smallest absolute Gasteiger partial charge is 0.352 e. The number of carbonyl (C=O) groups excluding carboxylic acids is 2. The molecule has 2 saturated heterocycles. The van der Waals surface area contributed by atoms with Gasteiger partial charge in [0.1, 0.15) is 28.9 Å². The Kier molecular flexibility index (Phi) is 5.44. The first kappa shape index (κ1) is 20.0. The van der Waals surface area contributed by atoms with E-state index in [1.807, 2.05) is 0 Å². The van der Waals surface area contributed by atoms with Crippen molar-refractivity contribution in [1.82, 2.24) is 15.2 Å². The van der Waals surface area contributed by atoms with Crippen LogP contribution in [0.5, 0.6) is 0 Å². The van der Waals surface area contributed by atoms with Crippen LogP contribution in [0.3, 0.4) is 0 Å². The van der Waals surface area contributed by atoms with Crippen LogP contribution in [-0.4, -0.2) is 73.3 Å². The number of carboxylic acid groups (broad SMARTS) is 1. The number of aromatic nitrogens is 1. The number of rotatable bonds is 6. The van der Waals surface area contributed by atoms with E-state index in [4.69, 9.17) is 10.6 Å². The number of oxime groups is 1. The van der Waals surface area contributed by atoms with E-state index in [-0.39, 0.29) is 28.3 Å². The van der Waals surface area contributed by atoms with Crippen LogP contribution in [-0.2, 0) is 19.2 Å². The lowest BCUT2D eigenvalue weighted by Crippen LogP contribution is -2.71. The number of hydrogen-bond acceptors (Lipinski definition) is 10. The maximum absolute atomic E-state index is 12.9. The molecule has 29 heavy (non-hydrogen) atoms. The van der Waals surface area contributed by atoms with Crippen molar-refractivity contribution >= 4 is 63.5 Å². The van der Waals surface area contributed by atoms with Crippen LogP contribution in [0.25, 0.3) is 0 Å². The lowest BCUT2D eigenvalue weighted by molar-refractivity contribution is -0.150. The number of carbonyl (C=O) groups is 3. The fourth-order valence-corrected chi connectivity index (χ4v) is 5.38. The quantitative estimate of drug-likeness (QED) is 0.313. The van der Waals surface area contributed by atoms with Crippen LogP contribution in [0.1, 0.15) is 12.6 Å². The molecule has 10 nitrogen and oxygen atoms in total. The SMILES string of the molecule is CC1=C(C(=O)O)N2C(=O)C(NC(=O)C(=NOC3CSC3)c3csc(N)n3)[C@@H]2SC1. The van der Waals surface area contributed by atoms with Gasteiger partial charge in [-0.25, -0.2) is 9.78 Å². The zero-order chi connectivity index (χ0) is 20.7. The lowest BCUT2D eigenvalue weighted by atomic mass is 10.0. The number of carboxylic acids is 1. The van der Waals surface area contributed by atoms with Crippen LogP contribution in [0, 0.1) is 0 Å². The zero-order valence-corrected chi connectivity index (χ0v) is 17.6. The van der Waals surface area contributed by atoms with E-state index in [9.17, 15) is 19.5 Å². The molecule has 0 aliphatic carbocycles. The second kappa shape index (κ2) is 7.88. The lowest BCUT2D eigenvalue weighted by Gasteiger charge is -2.49. The van der Waals surface area contributed by atoms with E-state index in [2.05, 4.69) is 15.5 Å². The van der Waals surface area contributed by atoms with Crippen molar-refractivity contribution in [3.63, 3.8) is 0 Å². The molecule has 4 N–H and O–H groups in total. The predicted molar refractivity (Wildman–Crippen MR) is 111 cm³/mol. The third-order valence-electron chi connectivity index (χ3n) is 4.53. The molecule has 2 amide bonds. The van der Waals surface area contributed by atoms with Crippen LogP contribution in [0.15, 0.2) is 21.8 Å². The van der Waals surface area contributed by atoms with Crippen LogP contribution >= 0.6 is 34.9 Å². The molecule has 154 valence electrons. The van der Waals surface area contributed by atoms with Crippen molar-refractivity contribution in [2.75, 3.05) is 23.0 Å². The minimum Gasteiger partial charge on any atom is -0.477 e. The van der Waals surface area contributed by atoms with Crippen molar-refractivity contribution < 1.29 is 24.3 Å². The molecular formula is C16H17N5O5S3. The van der Waals surface area contributed by atoms with Gasteiger partial charge in [-0.2, -0.15) is 11.8 Å². The summed E-state index contributed by atoms with van der Waals surface area (Å²) in [6, 6.07) is -0.851. The summed E-state index contributed by atoms with van der Waals surface area (Å²) in [6.45, 7) is 1.68. The second-order valence-electron chi connectivity index (χ2n) is 6.57. The van der Waals surface area contributed by atoms with E-state index in [0.717, 1.165) is 22.8 Å². The molecule has 4 rings (SSSR count). The zero-order valence-electron chi connectivity index (χ0n) is 15.2. The molecule has 1 aromatic heterocycles. The Bertz CT molecular complexity index is 941. The number of nitrogens with two attached hydrogens (primary N) is 1. The molecule has 0 bridgehead atoms. The highest BCUT2D eigenvalue weighted by Crippen LogP contribution is 2.40. The third kappa shape index (κ3) is 3.69. The molecule has 0 aromatic carbocycles. The number of nitrogens with zero attached hydrogens (tertiary/aromatic N) is 3. The molecule has 2 fully saturated rings.